The van der Waals surface area contributed by atoms with Gasteiger partial charge in [-0.15, -0.1) is 0 Å². The molecule has 1 amide bonds. The summed E-state index contributed by atoms with van der Waals surface area (Å²) >= 11 is 0. The van der Waals surface area contributed by atoms with E-state index in [1.165, 1.54) is 31.3 Å². The largest absolute Gasteiger partial charge is 0.508 e. The average molecular weight is 286 g/mol. The number of nitrogens with one attached hydrogen (secondary N) is 2. The number of phenolic OH excluding ortho intramolecular Hbond substituents is 1. The number of benzene rings is 1. The standard InChI is InChI=1S/C12H18N2O4S/c1-12(2,11(16)13-3)8-14-19(17,18)10-6-4-9(15)5-7-10/h4-7,14-15H,8H2,1-3H3,(H,13,16). The number of carbonyl (C=O) groups is 1. The molecule has 1 aromatic rings. The molecule has 0 aliphatic rings. The number of hydrogen-bond acceptors (Lipinski definition) is 4. The molecule has 0 aliphatic carbocycles. The van der Waals surface area contributed by atoms with Crippen molar-refractivity contribution in [1.82, 2.24) is 10.0 Å². The monoisotopic (exact) mass is 286 g/mol. The maximum absolute atomic E-state index is 12.0. The van der Waals surface area contributed by atoms with Crippen LogP contribution in [-0.4, -0.2) is 33.0 Å². The van der Waals surface area contributed by atoms with E-state index in [1.807, 2.05) is 0 Å². The lowest BCUT2D eigenvalue weighted by atomic mass is 9.93. The summed E-state index contributed by atoms with van der Waals surface area (Å²) in [7, 11) is -2.19. The van der Waals surface area contributed by atoms with Gasteiger partial charge in [-0.25, -0.2) is 13.1 Å². The van der Waals surface area contributed by atoms with Crippen LogP contribution in [0, 0.1) is 5.41 Å². The Kier molecular flexibility index (Phi) is 4.54. The van der Waals surface area contributed by atoms with E-state index in [0.717, 1.165) is 0 Å². The molecular formula is C12H18N2O4S. The number of amides is 1. The second-order valence-corrected chi connectivity index (χ2v) is 6.55. The van der Waals surface area contributed by atoms with E-state index >= 15 is 0 Å². The van der Waals surface area contributed by atoms with Gasteiger partial charge in [0.15, 0.2) is 0 Å². The van der Waals surface area contributed by atoms with Crippen LogP contribution in [0.15, 0.2) is 29.2 Å². The first-order valence-electron chi connectivity index (χ1n) is 5.70. The minimum atomic E-state index is -3.69. The van der Waals surface area contributed by atoms with Crippen molar-refractivity contribution in [2.75, 3.05) is 13.6 Å². The third-order valence-electron chi connectivity index (χ3n) is 2.69. The van der Waals surface area contributed by atoms with Gasteiger partial charge in [-0.2, -0.15) is 0 Å². The van der Waals surface area contributed by atoms with Crippen molar-refractivity contribution in [3.8, 4) is 5.75 Å². The molecule has 0 spiro atoms. The number of hydrogen-bond donors (Lipinski definition) is 3. The van der Waals surface area contributed by atoms with Gasteiger partial charge < -0.3 is 10.4 Å². The zero-order chi connectivity index (χ0) is 14.7. The lowest BCUT2D eigenvalue weighted by Crippen LogP contribution is -2.43. The first-order chi connectivity index (χ1) is 8.69. The molecule has 1 aromatic carbocycles. The Morgan fingerprint density at radius 2 is 1.79 bits per heavy atom. The SMILES string of the molecule is CNC(=O)C(C)(C)CNS(=O)(=O)c1ccc(O)cc1. The summed E-state index contributed by atoms with van der Waals surface area (Å²) in [5, 5.41) is 11.6. The number of sulfonamides is 1. The van der Waals surface area contributed by atoms with Gasteiger partial charge >= 0.3 is 0 Å². The van der Waals surface area contributed by atoms with E-state index in [2.05, 4.69) is 10.0 Å². The third kappa shape index (κ3) is 3.93. The first-order valence-corrected chi connectivity index (χ1v) is 7.18. The zero-order valence-electron chi connectivity index (χ0n) is 11.1. The summed E-state index contributed by atoms with van der Waals surface area (Å²) in [6.07, 6.45) is 0. The minimum absolute atomic E-state index is 0.00959. The molecule has 0 radical (unpaired) electrons. The van der Waals surface area contributed by atoms with Crippen LogP contribution in [0.3, 0.4) is 0 Å². The molecule has 0 aliphatic heterocycles. The molecule has 3 N–H and O–H groups in total. The first kappa shape index (κ1) is 15.5. The fourth-order valence-corrected chi connectivity index (χ4v) is 2.61. The van der Waals surface area contributed by atoms with Crippen molar-refractivity contribution < 1.29 is 18.3 Å². The molecule has 0 aromatic heterocycles. The van der Waals surface area contributed by atoms with Gasteiger partial charge in [0.1, 0.15) is 5.75 Å². The average Bonchev–Trinajstić information content (AvgIpc) is 2.36. The summed E-state index contributed by atoms with van der Waals surface area (Å²) < 4.78 is 26.3. The van der Waals surface area contributed by atoms with E-state index < -0.39 is 15.4 Å². The predicted molar refractivity (Wildman–Crippen MR) is 71.1 cm³/mol. The van der Waals surface area contributed by atoms with Gasteiger partial charge in [0.2, 0.25) is 15.9 Å². The highest BCUT2D eigenvalue weighted by atomic mass is 32.2. The third-order valence-corrected chi connectivity index (χ3v) is 4.11. The van der Waals surface area contributed by atoms with Crippen LogP contribution in [0.2, 0.25) is 0 Å². The lowest BCUT2D eigenvalue weighted by Gasteiger charge is -2.22. The molecule has 0 saturated heterocycles. The van der Waals surface area contributed by atoms with Crippen LogP contribution < -0.4 is 10.0 Å². The Balaban J connectivity index is 2.82. The van der Waals surface area contributed by atoms with Crippen molar-refractivity contribution in [2.45, 2.75) is 18.7 Å². The second-order valence-electron chi connectivity index (χ2n) is 4.78. The van der Waals surface area contributed by atoms with Crippen LogP contribution in [0.4, 0.5) is 0 Å². The minimum Gasteiger partial charge on any atom is -0.508 e. The number of carbonyl (C=O) groups excluding carboxylic acids is 1. The van der Waals surface area contributed by atoms with E-state index in [-0.39, 0.29) is 23.1 Å². The van der Waals surface area contributed by atoms with Gasteiger partial charge in [-0.1, -0.05) is 0 Å². The molecule has 19 heavy (non-hydrogen) atoms. The quantitative estimate of drug-likeness (QED) is 0.732. The Hall–Kier alpha value is -1.60. The van der Waals surface area contributed by atoms with Crippen molar-refractivity contribution in [1.29, 1.82) is 0 Å². The summed E-state index contributed by atoms with van der Waals surface area (Å²) in [6.45, 7) is 3.27. The smallest absolute Gasteiger partial charge is 0.240 e. The molecule has 0 bridgehead atoms. The van der Waals surface area contributed by atoms with E-state index in [4.69, 9.17) is 5.11 Å². The maximum Gasteiger partial charge on any atom is 0.240 e. The van der Waals surface area contributed by atoms with Crippen molar-refractivity contribution in [3.05, 3.63) is 24.3 Å². The molecule has 0 heterocycles. The summed E-state index contributed by atoms with van der Waals surface area (Å²) in [6, 6.07) is 5.17. The molecule has 106 valence electrons. The highest BCUT2D eigenvalue weighted by Crippen LogP contribution is 2.17. The normalized spacial score (nSPS) is 12.2. The molecular weight excluding hydrogens is 268 g/mol. The summed E-state index contributed by atoms with van der Waals surface area (Å²) in [5.41, 5.74) is -0.848. The summed E-state index contributed by atoms with van der Waals surface area (Å²) in [5.74, 6) is -0.259. The fourth-order valence-electron chi connectivity index (χ4n) is 1.40. The molecule has 7 heteroatoms. The van der Waals surface area contributed by atoms with Gasteiger partial charge in [0.25, 0.3) is 0 Å². The second kappa shape index (κ2) is 5.58. The number of phenols is 1. The van der Waals surface area contributed by atoms with Gasteiger partial charge in [0.05, 0.1) is 10.3 Å². The van der Waals surface area contributed by atoms with E-state index in [1.54, 1.807) is 13.8 Å². The predicted octanol–water partition coefficient (Wildman–Crippen LogP) is 0.443. The van der Waals surface area contributed by atoms with Crippen molar-refractivity contribution in [3.63, 3.8) is 0 Å². The fraction of sp³-hybridized carbons (Fsp3) is 0.417. The molecule has 1 rings (SSSR count). The van der Waals surface area contributed by atoms with Gasteiger partial charge in [0, 0.05) is 13.6 Å². The lowest BCUT2D eigenvalue weighted by molar-refractivity contribution is -0.128. The van der Waals surface area contributed by atoms with Crippen LogP contribution >= 0.6 is 0 Å². The van der Waals surface area contributed by atoms with Crippen LogP contribution in [-0.2, 0) is 14.8 Å². The molecule has 0 fully saturated rings. The van der Waals surface area contributed by atoms with Crippen LogP contribution in [0.5, 0.6) is 5.75 Å². The maximum atomic E-state index is 12.0. The molecule has 0 atom stereocenters. The van der Waals surface area contributed by atoms with Crippen molar-refractivity contribution >= 4 is 15.9 Å². The van der Waals surface area contributed by atoms with E-state index in [0.29, 0.717) is 0 Å². The van der Waals surface area contributed by atoms with Crippen LogP contribution in [0.1, 0.15) is 13.8 Å². The molecule has 6 nitrogen and oxygen atoms in total. The Labute approximate surface area is 112 Å². The Morgan fingerprint density at radius 1 is 1.26 bits per heavy atom. The van der Waals surface area contributed by atoms with Gasteiger partial charge in [-0.05, 0) is 38.1 Å². The number of aromatic hydroxyl groups is 1. The highest BCUT2D eigenvalue weighted by molar-refractivity contribution is 7.89. The van der Waals surface area contributed by atoms with Crippen LogP contribution in [0.25, 0.3) is 0 Å². The zero-order valence-corrected chi connectivity index (χ0v) is 11.9. The highest BCUT2D eigenvalue weighted by Gasteiger charge is 2.28. The van der Waals surface area contributed by atoms with Crippen molar-refractivity contribution in [2.24, 2.45) is 5.41 Å². The summed E-state index contributed by atoms with van der Waals surface area (Å²) in [4.78, 5) is 11.6. The Morgan fingerprint density at radius 3 is 2.26 bits per heavy atom. The van der Waals surface area contributed by atoms with Gasteiger partial charge in [-0.3, -0.25) is 4.79 Å². The topological polar surface area (TPSA) is 95.5 Å². The Bertz CT molecular complexity index is 550. The number of rotatable bonds is 5. The molecule has 0 unspecified atom stereocenters. The molecule has 0 saturated carbocycles. The van der Waals surface area contributed by atoms with E-state index in [9.17, 15) is 13.2 Å².